The molecule has 0 saturated carbocycles. The third kappa shape index (κ3) is 6.68. The van der Waals surface area contributed by atoms with Crippen LogP contribution >= 0.6 is 0 Å². The fourth-order valence-electron chi connectivity index (χ4n) is 3.66. The van der Waals surface area contributed by atoms with Crippen molar-refractivity contribution >= 4 is 33.6 Å². The van der Waals surface area contributed by atoms with Gasteiger partial charge in [-0.25, -0.2) is 31.1 Å². The number of urea groups is 1. The van der Waals surface area contributed by atoms with Gasteiger partial charge in [-0.3, -0.25) is 9.59 Å². The summed E-state index contributed by atoms with van der Waals surface area (Å²) in [6.45, 7) is 1.52. The molecule has 0 saturated heterocycles. The Kier molecular flexibility index (Phi) is 8.41. The van der Waals surface area contributed by atoms with Crippen LogP contribution in [0.25, 0.3) is 0 Å². The van der Waals surface area contributed by atoms with Crippen LogP contribution in [-0.2, 0) is 21.2 Å². The number of carbonyl (C=O) groups excluding carboxylic acids is 3. The van der Waals surface area contributed by atoms with Gasteiger partial charge in [-0.15, -0.1) is 0 Å². The third-order valence-electron chi connectivity index (χ3n) is 5.51. The highest BCUT2D eigenvalue weighted by Crippen LogP contribution is 2.20. The zero-order valence-corrected chi connectivity index (χ0v) is 21.0. The van der Waals surface area contributed by atoms with Crippen molar-refractivity contribution in [3.05, 3.63) is 94.8 Å². The highest BCUT2D eigenvalue weighted by molar-refractivity contribution is 7.90. The molecule has 0 unspecified atom stereocenters. The van der Waals surface area contributed by atoms with Gasteiger partial charge < -0.3 is 16.0 Å². The van der Waals surface area contributed by atoms with E-state index in [2.05, 4.69) is 5.32 Å². The number of hydrogen-bond donors (Lipinski definition) is 3. The molecule has 0 aromatic heterocycles. The Bertz CT molecular complexity index is 1490. The van der Waals surface area contributed by atoms with E-state index in [-0.39, 0.29) is 16.1 Å². The summed E-state index contributed by atoms with van der Waals surface area (Å²) in [5, 5.41) is 2.22. The van der Waals surface area contributed by atoms with Crippen LogP contribution in [0.3, 0.4) is 0 Å². The maximum Gasteiger partial charge on any atom is 0.329 e. The number of carbonyl (C=O) groups is 3. The van der Waals surface area contributed by atoms with E-state index in [0.717, 1.165) is 29.2 Å². The Hall–Kier alpha value is -4.39. The predicted octanol–water partition coefficient (Wildman–Crippen LogP) is 2.77. The Balaban J connectivity index is 1.92. The lowest BCUT2D eigenvalue weighted by atomic mass is 10.0. The fraction of sp³-hybridized carbons (Fsp3) is 0.160. The Morgan fingerprint density at radius 2 is 1.61 bits per heavy atom. The Morgan fingerprint density at radius 1 is 0.974 bits per heavy atom. The van der Waals surface area contributed by atoms with Gasteiger partial charge in [0.25, 0.3) is 15.9 Å². The van der Waals surface area contributed by atoms with Gasteiger partial charge in [0.1, 0.15) is 23.5 Å². The molecule has 200 valence electrons. The zero-order valence-electron chi connectivity index (χ0n) is 20.2. The number of halogens is 3. The number of aryl methyl sites for hydroxylation is 1. The summed E-state index contributed by atoms with van der Waals surface area (Å²) >= 11 is 0. The molecule has 3 rings (SSSR count). The minimum atomic E-state index is -4.34. The van der Waals surface area contributed by atoms with Crippen LogP contribution in [0, 0.1) is 24.4 Å². The van der Waals surface area contributed by atoms with Crippen LogP contribution in [0.2, 0.25) is 0 Å². The smallest absolute Gasteiger partial charge is 0.329 e. The maximum absolute atomic E-state index is 13.9. The molecular formula is C25H23F3N4O5S. The summed E-state index contributed by atoms with van der Waals surface area (Å²) in [6, 6.07) is 8.63. The highest BCUT2D eigenvalue weighted by Gasteiger charge is 2.28. The van der Waals surface area contributed by atoms with E-state index in [1.807, 2.05) is 4.72 Å². The number of nitrogens with zero attached hydrogens (tertiary/aromatic N) is 1. The van der Waals surface area contributed by atoms with Gasteiger partial charge in [-0.1, -0.05) is 18.2 Å². The first kappa shape index (κ1) is 28.2. The molecule has 3 aromatic carbocycles. The van der Waals surface area contributed by atoms with Crippen LogP contribution in [0.15, 0.2) is 65.6 Å². The van der Waals surface area contributed by atoms with Crippen molar-refractivity contribution in [3.8, 4) is 0 Å². The molecule has 0 bridgehead atoms. The lowest BCUT2D eigenvalue weighted by Crippen LogP contribution is -2.52. The summed E-state index contributed by atoms with van der Waals surface area (Å²) < 4.78 is 68.7. The van der Waals surface area contributed by atoms with Crippen LogP contribution in [0.4, 0.5) is 23.7 Å². The number of rotatable bonds is 8. The standard InChI is InChI=1S/C25H23F3N4O5S/c1-14-5-3-4-6-22(14)38(36,37)31-25(35)30-21(11-15-9-16(26)12-17(27)10-15)24(34)32(2)18-7-8-20(28)19(13-18)23(29)33/h3-10,12-13,21H,11H2,1-2H3,(H2,29,33)(H2,30,31,35)/t21-/m0/s1. The molecule has 38 heavy (non-hydrogen) atoms. The van der Waals surface area contributed by atoms with E-state index in [1.165, 1.54) is 38.2 Å². The molecule has 4 amide bonds. The van der Waals surface area contributed by atoms with Crippen LogP contribution < -0.4 is 20.7 Å². The summed E-state index contributed by atoms with van der Waals surface area (Å²) in [4.78, 5) is 38.3. The SMILES string of the molecule is Cc1ccccc1S(=O)(=O)NC(=O)N[C@@H](Cc1cc(F)cc(F)c1)C(=O)N(C)c1ccc(F)c(C(N)=O)c1. The van der Waals surface area contributed by atoms with Gasteiger partial charge in [-0.2, -0.15) is 0 Å². The lowest BCUT2D eigenvalue weighted by Gasteiger charge is -2.25. The summed E-state index contributed by atoms with van der Waals surface area (Å²) in [6.07, 6.45) is -0.445. The fourth-order valence-corrected chi connectivity index (χ4v) is 4.82. The monoisotopic (exact) mass is 548 g/mol. The molecule has 0 aliphatic heterocycles. The number of hydrogen-bond acceptors (Lipinski definition) is 5. The van der Waals surface area contributed by atoms with Crippen LogP contribution in [0.1, 0.15) is 21.5 Å². The first-order valence-electron chi connectivity index (χ1n) is 11.0. The molecule has 0 radical (unpaired) electrons. The average Bonchev–Trinajstić information content (AvgIpc) is 2.82. The lowest BCUT2D eigenvalue weighted by molar-refractivity contribution is -0.120. The van der Waals surface area contributed by atoms with Crippen molar-refractivity contribution in [2.45, 2.75) is 24.3 Å². The number of nitrogens with two attached hydrogens (primary N) is 1. The zero-order chi connectivity index (χ0) is 28.2. The second-order valence-corrected chi connectivity index (χ2v) is 9.96. The van der Waals surface area contributed by atoms with Crippen LogP contribution in [-0.4, -0.2) is 39.4 Å². The normalized spacial score (nSPS) is 11.9. The predicted molar refractivity (Wildman–Crippen MR) is 132 cm³/mol. The van der Waals surface area contributed by atoms with Crippen molar-refractivity contribution < 1.29 is 36.0 Å². The van der Waals surface area contributed by atoms with E-state index in [1.54, 1.807) is 6.07 Å². The Labute approximate surface area is 216 Å². The number of sulfonamides is 1. The topological polar surface area (TPSA) is 139 Å². The minimum Gasteiger partial charge on any atom is -0.366 e. The van der Waals surface area contributed by atoms with Crippen molar-refractivity contribution in [1.82, 2.24) is 10.0 Å². The molecule has 4 N–H and O–H groups in total. The average molecular weight is 549 g/mol. The molecule has 0 aliphatic carbocycles. The van der Waals surface area contributed by atoms with Gasteiger partial charge in [-0.05, 0) is 54.4 Å². The number of nitrogens with one attached hydrogen (secondary N) is 2. The third-order valence-corrected chi connectivity index (χ3v) is 7.00. The van der Waals surface area contributed by atoms with Gasteiger partial charge in [0, 0.05) is 25.2 Å². The van der Waals surface area contributed by atoms with E-state index >= 15 is 0 Å². The number of anilines is 1. The molecule has 0 aliphatic rings. The summed E-state index contributed by atoms with van der Waals surface area (Å²) in [5.41, 5.74) is 5.01. The number of benzene rings is 3. The van der Waals surface area contributed by atoms with Gasteiger partial charge in [0.2, 0.25) is 5.91 Å². The quantitative estimate of drug-likeness (QED) is 0.397. The molecule has 0 heterocycles. The van der Waals surface area contributed by atoms with Crippen molar-refractivity contribution in [2.75, 3.05) is 11.9 Å². The first-order valence-corrected chi connectivity index (χ1v) is 12.5. The molecule has 9 nitrogen and oxygen atoms in total. The van der Waals surface area contributed by atoms with Crippen molar-refractivity contribution in [3.63, 3.8) is 0 Å². The highest BCUT2D eigenvalue weighted by atomic mass is 32.2. The van der Waals surface area contributed by atoms with Crippen molar-refractivity contribution in [2.24, 2.45) is 5.73 Å². The van der Waals surface area contributed by atoms with E-state index < -0.39 is 63.3 Å². The molecule has 0 fully saturated rings. The minimum absolute atomic E-state index is 0.00960. The Morgan fingerprint density at radius 3 is 2.21 bits per heavy atom. The second-order valence-electron chi connectivity index (χ2n) is 8.30. The van der Waals surface area contributed by atoms with E-state index in [0.29, 0.717) is 11.6 Å². The van der Waals surface area contributed by atoms with Crippen molar-refractivity contribution in [1.29, 1.82) is 0 Å². The molecule has 13 heteroatoms. The molecular weight excluding hydrogens is 525 g/mol. The first-order chi connectivity index (χ1) is 17.8. The molecule has 3 aromatic rings. The second kappa shape index (κ2) is 11.3. The number of primary amides is 1. The van der Waals surface area contributed by atoms with E-state index in [4.69, 9.17) is 5.73 Å². The van der Waals surface area contributed by atoms with Gasteiger partial charge in [0.15, 0.2) is 0 Å². The summed E-state index contributed by atoms with van der Waals surface area (Å²) in [5.74, 6) is -4.75. The largest absolute Gasteiger partial charge is 0.366 e. The number of likely N-dealkylation sites (N-methyl/N-ethyl adjacent to an activating group) is 1. The number of amides is 4. The maximum atomic E-state index is 13.9. The summed E-state index contributed by atoms with van der Waals surface area (Å²) in [7, 11) is -3.10. The van der Waals surface area contributed by atoms with Crippen LogP contribution in [0.5, 0.6) is 0 Å². The van der Waals surface area contributed by atoms with Gasteiger partial charge in [0.05, 0.1) is 10.5 Å². The molecule has 1 atom stereocenters. The molecule has 0 spiro atoms. The van der Waals surface area contributed by atoms with E-state index in [9.17, 15) is 36.0 Å². The van der Waals surface area contributed by atoms with Gasteiger partial charge >= 0.3 is 6.03 Å².